The van der Waals surface area contributed by atoms with Crippen molar-refractivity contribution in [1.29, 1.82) is 0 Å². The van der Waals surface area contributed by atoms with Crippen LogP contribution in [0.15, 0.2) is 36.4 Å². The topological polar surface area (TPSA) is 77.1 Å². The van der Waals surface area contributed by atoms with Crippen LogP contribution < -0.4 is 19.5 Å². The van der Waals surface area contributed by atoms with Crippen molar-refractivity contribution in [2.75, 3.05) is 39.7 Å². The second kappa shape index (κ2) is 9.47. The summed E-state index contributed by atoms with van der Waals surface area (Å²) in [5, 5.41) is 2.80. The van der Waals surface area contributed by atoms with Crippen LogP contribution in [0, 0.1) is 11.7 Å². The Kier molecular flexibility index (Phi) is 6.76. The lowest BCUT2D eigenvalue weighted by atomic mass is 9.95. The third-order valence-corrected chi connectivity index (χ3v) is 5.18. The zero-order valence-electron chi connectivity index (χ0n) is 17.2. The molecule has 160 valence electrons. The highest BCUT2D eigenvalue weighted by atomic mass is 19.1. The Morgan fingerprint density at radius 3 is 2.03 bits per heavy atom. The number of methoxy groups -OCH3 is 3. The summed E-state index contributed by atoms with van der Waals surface area (Å²) >= 11 is 0. The summed E-state index contributed by atoms with van der Waals surface area (Å²) in [6.07, 6.45) is 1.09. The van der Waals surface area contributed by atoms with Gasteiger partial charge in [0.25, 0.3) is 5.91 Å². The SMILES string of the molecule is COc1cc(C(=O)N2CCC(C(=O)Nc3ccc(F)cc3)CC2)cc(OC)c1OC. The van der Waals surface area contributed by atoms with Crippen molar-refractivity contribution in [2.45, 2.75) is 12.8 Å². The smallest absolute Gasteiger partial charge is 0.254 e. The molecule has 1 aliphatic rings. The largest absolute Gasteiger partial charge is 0.493 e. The highest BCUT2D eigenvalue weighted by Crippen LogP contribution is 2.38. The summed E-state index contributed by atoms with van der Waals surface area (Å²) in [5.74, 6) is 0.397. The van der Waals surface area contributed by atoms with Crippen LogP contribution in [0.3, 0.4) is 0 Å². The van der Waals surface area contributed by atoms with Crippen molar-refractivity contribution in [1.82, 2.24) is 4.90 Å². The predicted molar refractivity (Wildman–Crippen MR) is 110 cm³/mol. The van der Waals surface area contributed by atoms with E-state index in [0.717, 1.165) is 0 Å². The lowest BCUT2D eigenvalue weighted by Gasteiger charge is -2.31. The summed E-state index contributed by atoms with van der Waals surface area (Å²) < 4.78 is 28.9. The molecule has 7 nitrogen and oxygen atoms in total. The molecule has 0 radical (unpaired) electrons. The molecule has 1 saturated heterocycles. The number of halogens is 1. The zero-order valence-corrected chi connectivity index (χ0v) is 17.2. The van der Waals surface area contributed by atoms with Gasteiger partial charge in [0.2, 0.25) is 11.7 Å². The van der Waals surface area contributed by atoms with E-state index in [4.69, 9.17) is 14.2 Å². The predicted octanol–water partition coefficient (Wildman–Crippen LogP) is 3.34. The molecule has 0 atom stereocenters. The van der Waals surface area contributed by atoms with Gasteiger partial charge in [-0.05, 0) is 49.2 Å². The highest BCUT2D eigenvalue weighted by Gasteiger charge is 2.29. The molecular weight excluding hydrogens is 391 g/mol. The number of carbonyl (C=O) groups is 2. The molecule has 0 aromatic heterocycles. The van der Waals surface area contributed by atoms with Crippen LogP contribution >= 0.6 is 0 Å². The van der Waals surface area contributed by atoms with E-state index in [1.54, 1.807) is 17.0 Å². The Balaban J connectivity index is 1.64. The number of benzene rings is 2. The molecule has 1 aliphatic heterocycles. The monoisotopic (exact) mass is 416 g/mol. The minimum atomic E-state index is -0.355. The fourth-order valence-corrected chi connectivity index (χ4v) is 3.51. The van der Waals surface area contributed by atoms with E-state index in [2.05, 4.69) is 5.32 Å². The van der Waals surface area contributed by atoms with Gasteiger partial charge in [0.1, 0.15) is 5.82 Å². The maximum Gasteiger partial charge on any atom is 0.254 e. The number of nitrogens with one attached hydrogen (secondary N) is 1. The first-order valence-electron chi connectivity index (χ1n) is 9.62. The molecule has 2 aromatic carbocycles. The van der Waals surface area contributed by atoms with E-state index in [-0.39, 0.29) is 23.5 Å². The average molecular weight is 416 g/mol. The molecule has 0 aliphatic carbocycles. The van der Waals surface area contributed by atoms with E-state index >= 15 is 0 Å². The van der Waals surface area contributed by atoms with E-state index < -0.39 is 0 Å². The number of rotatable bonds is 6. The maximum absolute atomic E-state index is 13.0. The van der Waals surface area contributed by atoms with Crippen LogP contribution in [0.25, 0.3) is 0 Å². The van der Waals surface area contributed by atoms with Crippen molar-refractivity contribution >= 4 is 17.5 Å². The number of piperidine rings is 1. The van der Waals surface area contributed by atoms with Gasteiger partial charge in [-0.15, -0.1) is 0 Å². The Hall–Kier alpha value is -3.29. The number of carbonyl (C=O) groups excluding carboxylic acids is 2. The quantitative estimate of drug-likeness (QED) is 0.782. The molecule has 8 heteroatoms. The van der Waals surface area contributed by atoms with Gasteiger partial charge in [0.05, 0.1) is 21.3 Å². The van der Waals surface area contributed by atoms with Gasteiger partial charge in [-0.1, -0.05) is 0 Å². The van der Waals surface area contributed by atoms with E-state index in [1.807, 2.05) is 0 Å². The van der Waals surface area contributed by atoms with Crippen molar-refractivity contribution < 1.29 is 28.2 Å². The molecule has 0 unspecified atom stereocenters. The molecule has 0 bridgehead atoms. The van der Waals surface area contributed by atoms with Gasteiger partial charge in [-0.25, -0.2) is 4.39 Å². The van der Waals surface area contributed by atoms with Crippen LogP contribution in [0.1, 0.15) is 23.2 Å². The minimum absolute atomic E-state index is 0.124. The third kappa shape index (κ3) is 4.64. The summed E-state index contributed by atoms with van der Waals surface area (Å²) in [7, 11) is 4.50. The molecular formula is C22H25FN2O5. The van der Waals surface area contributed by atoms with Gasteiger partial charge in [-0.2, -0.15) is 0 Å². The maximum atomic E-state index is 13.0. The molecule has 30 heavy (non-hydrogen) atoms. The first kappa shape index (κ1) is 21.4. The molecule has 0 spiro atoms. The zero-order chi connectivity index (χ0) is 21.7. The number of nitrogens with zero attached hydrogens (tertiary/aromatic N) is 1. The summed E-state index contributed by atoms with van der Waals surface area (Å²) in [6.45, 7) is 0.911. The lowest BCUT2D eigenvalue weighted by Crippen LogP contribution is -2.41. The average Bonchev–Trinajstić information content (AvgIpc) is 2.79. The first-order valence-corrected chi connectivity index (χ1v) is 9.62. The number of ether oxygens (including phenoxy) is 3. The lowest BCUT2D eigenvalue weighted by molar-refractivity contribution is -0.121. The number of amides is 2. The summed E-state index contributed by atoms with van der Waals surface area (Å²) in [4.78, 5) is 27.2. The van der Waals surface area contributed by atoms with Gasteiger partial charge in [0.15, 0.2) is 11.5 Å². The Bertz CT molecular complexity index is 883. The van der Waals surface area contributed by atoms with E-state index in [9.17, 15) is 14.0 Å². The number of likely N-dealkylation sites (tertiary alicyclic amines) is 1. The Morgan fingerprint density at radius 2 is 1.53 bits per heavy atom. The first-order chi connectivity index (χ1) is 14.5. The molecule has 1 fully saturated rings. The summed E-state index contributed by atoms with van der Waals surface area (Å²) in [6, 6.07) is 8.89. The number of hydrogen-bond acceptors (Lipinski definition) is 5. The van der Waals surface area contributed by atoms with Crippen molar-refractivity contribution in [3.05, 3.63) is 47.8 Å². The Morgan fingerprint density at radius 1 is 0.967 bits per heavy atom. The highest BCUT2D eigenvalue weighted by molar-refractivity contribution is 5.96. The van der Waals surface area contributed by atoms with Crippen LogP contribution in [0.4, 0.5) is 10.1 Å². The fourth-order valence-electron chi connectivity index (χ4n) is 3.51. The second-order valence-electron chi connectivity index (χ2n) is 6.98. The summed E-state index contributed by atoms with van der Waals surface area (Å²) in [5.41, 5.74) is 0.982. The van der Waals surface area contributed by atoms with Gasteiger partial charge in [-0.3, -0.25) is 9.59 Å². The number of anilines is 1. The molecule has 0 saturated carbocycles. The van der Waals surface area contributed by atoms with Gasteiger partial charge in [0, 0.05) is 30.3 Å². The van der Waals surface area contributed by atoms with Crippen molar-refractivity contribution in [2.24, 2.45) is 5.92 Å². The molecule has 1 N–H and O–H groups in total. The fraction of sp³-hybridized carbons (Fsp3) is 0.364. The van der Waals surface area contributed by atoms with Crippen LogP contribution in [0.5, 0.6) is 17.2 Å². The molecule has 2 amide bonds. The van der Waals surface area contributed by atoms with Crippen molar-refractivity contribution in [3.8, 4) is 17.2 Å². The normalized spacial score (nSPS) is 14.2. The van der Waals surface area contributed by atoms with Gasteiger partial charge >= 0.3 is 0 Å². The third-order valence-electron chi connectivity index (χ3n) is 5.18. The Labute approximate surface area is 174 Å². The molecule has 3 rings (SSSR count). The van der Waals surface area contributed by atoms with Gasteiger partial charge < -0.3 is 24.4 Å². The molecule has 2 aromatic rings. The number of hydrogen-bond donors (Lipinski definition) is 1. The minimum Gasteiger partial charge on any atom is -0.493 e. The standard InChI is InChI=1S/C22H25FN2O5/c1-28-18-12-15(13-19(29-2)20(18)30-3)22(27)25-10-8-14(9-11-25)21(26)24-17-6-4-16(23)5-7-17/h4-7,12-14H,8-11H2,1-3H3,(H,24,26). The van der Waals surface area contributed by atoms with Crippen molar-refractivity contribution in [3.63, 3.8) is 0 Å². The molecule has 1 heterocycles. The van der Waals surface area contributed by atoms with Crippen LogP contribution in [0.2, 0.25) is 0 Å². The van der Waals surface area contributed by atoms with E-state index in [1.165, 1.54) is 45.6 Å². The van der Waals surface area contributed by atoms with E-state index in [0.29, 0.717) is 54.4 Å². The second-order valence-corrected chi connectivity index (χ2v) is 6.98. The van der Waals surface area contributed by atoms with Crippen LogP contribution in [-0.2, 0) is 4.79 Å². The van der Waals surface area contributed by atoms with Crippen LogP contribution in [-0.4, -0.2) is 51.1 Å².